The predicted molar refractivity (Wildman–Crippen MR) is 256 cm³/mol. The van der Waals surface area contributed by atoms with Crippen LogP contribution in [0.5, 0.6) is 11.5 Å². The number of rotatable bonds is 16. The van der Waals surface area contributed by atoms with Gasteiger partial charge in [0, 0.05) is 61.6 Å². The maximum Gasteiger partial charge on any atom is 0.451 e. The Balaban J connectivity index is 0.000000226. The molecule has 0 amide bonds. The van der Waals surface area contributed by atoms with Gasteiger partial charge in [0.25, 0.3) is 0 Å². The summed E-state index contributed by atoms with van der Waals surface area (Å²) in [4.78, 5) is 47.2. The summed E-state index contributed by atoms with van der Waals surface area (Å²) >= 11 is 0. The Bertz CT molecular complexity index is 3350. The number of carbonyl (C=O) groups is 2. The van der Waals surface area contributed by atoms with Crippen molar-refractivity contribution in [3.63, 3.8) is 0 Å². The highest BCUT2D eigenvalue weighted by molar-refractivity contribution is 7.89. The van der Waals surface area contributed by atoms with Gasteiger partial charge >= 0.3 is 12.4 Å². The second kappa shape index (κ2) is 23.5. The van der Waals surface area contributed by atoms with Gasteiger partial charge < -0.3 is 9.84 Å². The zero-order valence-electron chi connectivity index (χ0n) is 41.1. The number of aromatic hydroxyl groups is 1. The minimum absolute atomic E-state index is 0.0530. The van der Waals surface area contributed by atoms with E-state index in [1.807, 2.05) is 0 Å². The molecule has 78 heavy (non-hydrogen) atoms. The topological polar surface area (TPSA) is 216 Å². The number of ketones is 2. The average Bonchev–Trinajstić information content (AvgIpc) is 4.01. The molecular formula is C50H46F10N8O8S2. The maximum atomic E-state index is 14.7. The number of aromatic nitrogens is 6. The zero-order valence-corrected chi connectivity index (χ0v) is 42.8. The van der Waals surface area contributed by atoms with Gasteiger partial charge in [-0.25, -0.2) is 54.3 Å². The molecule has 16 nitrogen and oxygen atoms in total. The summed E-state index contributed by atoms with van der Waals surface area (Å²) in [5.74, 6) is -5.04. The predicted octanol–water partition coefficient (Wildman–Crippen LogP) is 8.88. The molecule has 0 bridgehead atoms. The Hall–Kier alpha value is -7.04. The highest BCUT2D eigenvalue weighted by Crippen LogP contribution is 2.37. The van der Waals surface area contributed by atoms with E-state index in [4.69, 9.17) is 4.74 Å². The normalized spacial score (nSPS) is 20.3. The van der Waals surface area contributed by atoms with E-state index in [-0.39, 0.29) is 88.8 Å². The number of sulfonamides is 2. The van der Waals surface area contributed by atoms with Gasteiger partial charge in [-0.1, -0.05) is 0 Å². The Labute approximate surface area is 439 Å². The number of halogens is 10. The lowest BCUT2D eigenvalue weighted by Crippen LogP contribution is -2.44. The molecule has 2 fully saturated rings. The number of aryl methyl sites for hydroxylation is 2. The number of pyridine rings is 2. The molecule has 28 heteroatoms. The van der Waals surface area contributed by atoms with Crippen LogP contribution in [0.3, 0.4) is 0 Å². The lowest BCUT2D eigenvalue weighted by Gasteiger charge is -2.27. The quantitative estimate of drug-likeness (QED) is 0.0896. The van der Waals surface area contributed by atoms with E-state index in [9.17, 15) is 75.4 Å². The molecule has 0 saturated carbocycles. The number of nitrogens with zero attached hydrogens (tertiary/aromatic N) is 8. The molecule has 4 aromatic heterocycles. The molecule has 0 radical (unpaired) electrons. The molecule has 1 N–H and O–H groups in total. The zero-order chi connectivity index (χ0) is 57.1. The summed E-state index contributed by atoms with van der Waals surface area (Å²) in [6.07, 6.45) is -7.61. The summed E-state index contributed by atoms with van der Waals surface area (Å²) in [5.41, 5.74) is 1.39. The molecule has 8 rings (SSSR count). The summed E-state index contributed by atoms with van der Waals surface area (Å²) < 4.78 is 193. The summed E-state index contributed by atoms with van der Waals surface area (Å²) in [7, 11) is -8.64. The molecule has 0 aliphatic carbocycles. The van der Waals surface area contributed by atoms with Crippen molar-refractivity contribution >= 4 is 31.6 Å². The average molecular weight is 1140 g/mol. The molecule has 2 aliphatic heterocycles. The molecule has 6 atom stereocenters. The van der Waals surface area contributed by atoms with Crippen molar-refractivity contribution in [3.8, 4) is 34.0 Å². The van der Waals surface area contributed by atoms with Crippen molar-refractivity contribution < 1.29 is 80.2 Å². The molecule has 6 aromatic rings. The first kappa shape index (κ1) is 58.6. The number of hydrogen-bond donors (Lipinski definition) is 1. The largest absolute Gasteiger partial charge is 0.506 e. The van der Waals surface area contributed by atoms with Crippen LogP contribution >= 0.6 is 0 Å². The van der Waals surface area contributed by atoms with Crippen LogP contribution in [-0.4, -0.2) is 115 Å². The van der Waals surface area contributed by atoms with Gasteiger partial charge in [-0.15, -0.1) is 0 Å². The smallest absolute Gasteiger partial charge is 0.451 e. The Morgan fingerprint density at radius 3 is 1.36 bits per heavy atom. The molecule has 2 aromatic carbocycles. The van der Waals surface area contributed by atoms with Gasteiger partial charge in [0.2, 0.25) is 31.7 Å². The minimum Gasteiger partial charge on any atom is -0.506 e. The summed E-state index contributed by atoms with van der Waals surface area (Å²) in [6, 6.07) is 6.03. The molecule has 2 aliphatic rings. The van der Waals surface area contributed by atoms with E-state index in [0.29, 0.717) is 11.3 Å². The van der Waals surface area contributed by atoms with Crippen LogP contribution < -0.4 is 4.74 Å². The van der Waals surface area contributed by atoms with Crippen LogP contribution in [0.4, 0.5) is 43.9 Å². The first-order valence-corrected chi connectivity index (χ1v) is 26.5. The van der Waals surface area contributed by atoms with Crippen LogP contribution in [0.25, 0.3) is 22.5 Å². The lowest BCUT2D eigenvalue weighted by molar-refractivity contribution is -0.145. The monoisotopic (exact) mass is 1140 g/mol. The third-order valence-electron chi connectivity index (χ3n) is 12.8. The lowest BCUT2D eigenvalue weighted by atomic mass is 10.0. The Morgan fingerprint density at radius 2 is 0.974 bits per heavy atom. The van der Waals surface area contributed by atoms with Gasteiger partial charge in [-0.2, -0.15) is 35.0 Å². The second-order valence-electron chi connectivity index (χ2n) is 17.9. The standard InChI is InChI=1S/C26H25F5N4O4S.C24H21F5N4O4S/c1-3-39-24-14-32-21(17-12-33-25(34-13-17)26(29,30)31)10-16(24)4-9-23(36)22-11-20(28)15(2)35(22)40(37,38)19-7-5-18(27)6-8-19;1-13-18(26)9-20(33(13)38(36,37)17-5-3-16(25)4-6-17)21(34)7-2-14-8-19(30-12-22(14)35)15-10-31-23(32-11-15)24(27,28)29/h5-8,10,12-15,20,22H,3-4,9,11H2,1-2H3;3-6,8,10-13,18,20,35H,2,7,9H2,1H3/t15-,20+,22-;13-,18+,20-/m00/s1. The molecule has 6 heterocycles. The van der Waals surface area contributed by atoms with E-state index in [1.165, 1.54) is 32.2 Å². The number of alkyl halides is 8. The number of Topliss-reactive ketones (excluding diaryl/α,β-unsaturated/α-hetero) is 2. The van der Waals surface area contributed by atoms with Crippen LogP contribution in [0.1, 0.15) is 69.2 Å². The summed E-state index contributed by atoms with van der Waals surface area (Å²) in [6.45, 7) is 4.70. The van der Waals surface area contributed by atoms with Crippen molar-refractivity contribution in [1.29, 1.82) is 0 Å². The molecule has 416 valence electrons. The third-order valence-corrected chi connectivity index (χ3v) is 16.8. The van der Waals surface area contributed by atoms with Crippen LogP contribution in [0.2, 0.25) is 0 Å². The van der Waals surface area contributed by atoms with Crippen molar-refractivity contribution in [2.24, 2.45) is 0 Å². The van der Waals surface area contributed by atoms with Crippen LogP contribution in [0.15, 0.2) is 108 Å². The van der Waals surface area contributed by atoms with Crippen molar-refractivity contribution in [1.82, 2.24) is 38.5 Å². The molecule has 2 saturated heterocycles. The van der Waals surface area contributed by atoms with Gasteiger partial charge in [0.1, 0.15) is 35.5 Å². The number of benzene rings is 2. The van der Waals surface area contributed by atoms with Crippen molar-refractivity contribution in [2.45, 2.75) is 118 Å². The SMILES string of the molecule is CCOc1cnc(-c2cnc(C(F)(F)F)nc2)cc1CCC(=O)[C@@H]1C[C@@H](F)[C@H](C)N1S(=O)(=O)c1ccc(F)cc1.C[C@H]1[C@H](F)C[C@@H](C(=O)CCc2cc(-c3cnc(C(F)(F)F)nc3)ncc2O)N1S(=O)(=O)c1ccc(F)cc1. The van der Waals surface area contributed by atoms with Gasteiger partial charge in [0.15, 0.2) is 11.6 Å². The summed E-state index contributed by atoms with van der Waals surface area (Å²) in [5, 5.41) is 10.2. The maximum absolute atomic E-state index is 14.7. The van der Waals surface area contributed by atoms with E-state index in [1.54, 1.807) is 6.92 Å². The fraction of sp³-hybridized carbons (Fsp3) is 0.360. The number of hydrogen-bond acceptors (Lipinski definition) is 14. The second-order valence-corrected chi connectivity index (χ2v) is 21.6. The van der Waals surface area contributed by atoms with Crippen LogP contribution in [0, 0.1) is 11.6 Å². The van der Waals surface area contributed by atoms with E-state index < -0.39 is 104 Å². The van der Waals surface area contributed by atoms with Gasteiger partial charge in [-0.3, -0.25) is 19.6 Å². The first-order valence-electron chi connectivity index (χ1n) is 23.6. The number of ether oxygens (including phenoxy) is 1. The fourth-order valence-electron chi connectivity index (χ4n) is 8.72. The molecule has 0 unspecified atom stereocenters. The Kier molecular flexibility index (Phi) is 17.7. The van der Waals surface area contributed by atoms with E-state index in [2.05, 4.69) is 29.9 Å². The molecular weight excluding hydrogens is 1090 g/mol. The van der Waals surface area contributed by atoms with Crippen molar-refractivity contribution in [3.05, 3.63) is 132 Å². The van der Waals surface area contributed by atoms with Crippen molar-refractivity contribution in [2.75, 3.05) is 6.61 Å². The van der Waals surface area contributed by atoms with E-state index in [0.717, 1.165) is 88.1 Å². The minimum atomic E-state index is -4.72. The molecule has 0 spiro atoms. The highest BCUT2D eigenvalue weighted by atomic mass is 32.2. The first-order chi connectivity index (χ1) is 36.6. The Morgan fingerprint density at radius 1 is 0.603 bits per heavy atom. The van der Waals surface area contributed by atoms with Crippen LogP contribution in [-0.2, 0) is 54.8 Å². The number of carbonyl (C=O) groups excluding carboxylic acids is 2. The van der Waals surface area contributed by atoms with Gasteiger partial charge in [-0.05, 0) is 105 Å². The third kappa shape index (κ3) is 13.1. The highest BCUT2D eigenvalue weighted by Gasteiger charge is 2.50. The van der Waals surface area contributed by atoms with Gasteiger partial charge in [0.05, 0.1) is 64.3 Å². The fourth-order valence-corrected chi connectivity index (χ4v) is 12.4. The van der Waals surface area contributed by atoms with E-state index >= 15 is 0 Å².